The lowest BCUT2D eigenvalue weighted by Crippen LogP contribution is -1.91. The molecular formula is C21H13N3OS. The molecular weight excluding hydrogens is 342 g/mol. The third kappa shape index (κ3) is 2.59. The number of hydrogen-bond donors (Lipinski definition) is 0. The molecule has 0 bridgehead atoms. The van der Waals surface area contributed by atoms with Gasteiger partial charge in [-0.1, -0.05) is 42.5 Å². The molecule has 0 saturated carbocycles. The highest BCUT2D eigenvalue weighted by atomic mass is 32.1. The first kappa shape index (κ1) is 15.0. The van der Waals surface area contributed by atoms with Crippen molar-refractivity contribution in [3.05, 3.63) is 79.3 Å². The summed E-state index contributed by atoms with van der Waals surface area (Å²) < 4.78 is 7.11. The van der Waals surface area contributed by atoms with E-state index in [2.05, 4.69) is 33.2 Å². The molecule has 0 unspecified atom stereocenters. The lowest BCUT2D eigenvalue weighted by atomic mass is 10.2. The van der Waals surface area contributed by atoms with E-state index >= 15 is 0 Å². The van der Waals surface area contributed by atoms with Crippen molar-refractivity contribution < 1.29 is 4.74 Å². The minimum atomic E-state index is 0.568. The maximum atomic E-state index is 6.17. The minimum absolute atomic E-state index is 0.568. The Morgan fingerprint density at radius 1 is 0.769 bits per heavy atom. The van der Waals surface area contributed by atoms with Crippen LogP contribution in [0.3, 0.4) is 0 Å². The van der Waals surface area contributed by atoms with Crippen LogP contribution in [0.4, 0.5) is 0 Å². The number of hydrogen-bond acceptors (Lipinski definition) is 5. The molecule has 4 nitrogen and oxygen atoms in total. The molecule has 0 atom stereocenters. The van der Waals surface area contributed by atoms with Gasteiger partial charge in [0, 0.05) is 16.5 Å². The highest BCUT2D eigenvalue weighted by Gasteiger charge is 2.13. The number of benzene rings is 2. The summed E-state index contributed by atoms with van der Waals surface area (Å²) in [6, 6.07) is 22.1. The summed E-state index contributed by atoms with van der Waals surface area (Å²) >= 11 is 1.64. The normalized spacial score (nSPS) is 11.1. The van der Waals surface area contributed by atoms with E-state index < -0.39 is 0 Å². The van der Waals surface area contributed by atoms with Gasteiger partial charge in [0.15, 0.2) is 0 Å². The van der Waals surface area contributed by atoms with Crippen molar-refractivity contribution in [2.45, 2.75) is 0 Å². The number of ether oxygens (including phenoxy) is 1. The molecule has 2 aromatic carbocycles. The van der Waals surface area contributed by atoms with Crippen LogP contribution in [-0.2, 0) is 0 Å². The summed E-state index contributed by atoms with van der Waals surface area (Å²) in [5, 5.41) is 0.960. The fourth-order valence-corrected chi connectivity index (χ4v) is 3.96. The molecule has 0 aliphatic carbocycles. The second-order valence-electron chi connectivity index (χ2n) is 5.80. The predicted molar refractivity (Wildman–Crippen MR) is 105 cm³/mol. The standard InChI is InChI=1S/C21H13N3OS/c1-2-6-14(7-3-1)19-12-17-20(26-19)21(24-13-23-17)25-18-10-11-22-16-9-5-4-8-15(16)18/h1-13H. The lowest BCUT2D eigenvalue weighted by Gasteiger charge is -2.07. The van der Waals surface area contributed by atoms with Gasteiger partial charge < -0.3 is 4.74 Å². The molecule has 5 rings (SSSR count). The van der Waals surface area contributed by atoms with Crippen LogP contribution in [0, 0.1) is 0 Å². The van der Waals surface area contributed by atoms with Gasteiger partial charge in [0.2, 0.25) is 5.88 Å². The van der Waals surface area contributed by atoms with Crippen LogP contribution >= 0.6 is 11.3 Å². The second kappa shape index (κ2) is 6.20. The number of rotatable bonds is 3. The van der Waals surface area contributed by atoms with Gasteiger partial charge in [-0.05, 0) is 29.8 Å². The zero-order valence-electron chi connectivity index (χ0n) is 13.7. The molecule has 0 radical (unpaired) electrons. The molecule has 3 heterocycles. The molecule has 0 spiro atoms. The molecule has 0 saturated heterocycles. The van der Waals surface area contributed by atoms with Crippen LogP contribution < -0.4 is 4.74 Å². The monoisotopic (exact) mass is 355 g/mol. The zero-order valence-corrected chi connectivity index (χ0v) is 14.5. The van der Waals surface area contributed by atoms with Gasteiger partial charge in [0.05, 0.1) is 11.0 Å². The van der Waals surface area contributed by atoms with Crippen molar-refractivity contribution in [2.75, 3.05) is 0 Å². The van der Waals surface area contributed by atoms with Crippen molar-refractivity contribution in [1.82, 2.24) is 15.0 Å². The van der Waals surface area contributed by atoms with Crippen molar-refractivity contribution >= 4 is 32.5 Å². The summed E-state index contributed by atoms with van der Waals surface area (Å²) in [5.41, 5.74) is 2.94. The Kier molecular flexibility index (Phi) is 3.57. The van der Waals surface area contributed by atoms with Crippen LogP contribution in [0.2, 0.25) is 0 Å². The first-order chi connectivity index (χ1) is 12.9. The summed E-state index contributed by atoms with van der Waals surface area (Å²) in [7, 11) is 0. The van der Waals surface area contributed by atoms with Crippen LogP contribution in [0.25, 0.3) is 31.6 Å². The molecule has 0 aliphatic heterocycles. The number of fused-ring (bicyclic) bond motifs is 2. The largest absolute Gasteiger partial charge is 0.437 e. The minimum Gasteiger partial charge on any atom is -0.437 e. The molecule has 124 valence electrons. The van der Waals surface area contributed by atoms with E-state index in [9.17, 15) is 0 Å². The van der Waals surface area contributed by atoms with E-state index in [0.717, 1.165) is 37.3 Å². The third-order valence-electron chi connectivity index (χ3n) is 4.15. The SMILES string of the molecule is c1ccc(-c2cc3ncnc(Oc4ccnc5ccccc45)c3s2)cc1. The van der Waals surface area contributed by atoms with Gasteiger partial charge in [-0.25, -0.2) is 9.97 Å². The van der Waals surface area contributed by atoms with Crippen LogP contribution in [0.5, 0.6) is 11.6 Å². The maximum Gasteiger partial charge on any atom is 0.240 e. The topological polar surface area (TPSA) is 47.9 Å². The average Bonchev–Trinajstić information content (AvgIpc) is 3.14. The zero-order chi connectivity index (χ0) is 17.3. The molecule has 0 fully saturated rings. The maximum absolute atomic E-state index is 6.17. The number of nitrogens with zero attached hydrogens (tertiary/aromatic N) is 3. The molecule has 0 N–H and O–H groups in total. The summed E-state index contributed by atoms with van der Waals surface area (Å²) in [6.45, 7) is 0. The number of thiophene rings is 1. The molecule has 3 aromatic heterocycles. The molecule has 26 heavy (non-hydrogen) atoms. The smallest absolute Gasteiger partial charge is 0.240 e. The average molecular weight is 355 g/mol. The molecule has 0 amide bonds. The van der Waals surface area contributed by atoms with Crippen molar-refractivity contribution in [1.29, 1.82) is 0 Å². The Bertz CT molecular complexity index is 1210. The van der Waals surface area contributed by atoms with E-state index in [1.54, 1.807) is 23.9 Å². The Balaban J connectivity index is 1.62. The van der Waals surface area contributed by atoms with Crippen molar-refractivity contribution in [2.24, 2.45) is 0 Å². The van der Waals surface area contributed by atoms with Gasteiger partial charge in [-0.2, -0.15) is 0 Å². The van der Waals surface area contributed by atoms with E-state index in [1.165, 1.54) is 0 Å². The van der Waals surface area contributed by atoms with Crippen LogP contribution in [0.1, 0.15) is 0 Å². The Morgan fingerprint density at radius 2 is 1.62 bits per heavy atom. The molecule has 0 aliphatic rings. The first-order valence-corrected chi connectivity index (χ1v) is 9.02. The first-order valence-electron chi connectivity index (χ1n) is 8.20. The van der Waals surface area contributed by atoms with Crippen LogP contribution in [0.15, 0.2) is 79.3 Å². The van der Waals surface area contributed by atoms with E-state index in [0.29, 0.717) is 5.88 Å². The fourth-order valence-electron chi connectivity index (χ4n) is 2.91. The Hall–Kier alpha value is -3.31. The van der Waals surface area contributed by atoms with Gasteiger partial charge in [0.1, 0.15) is 16.8 Å². The molecule has 5 aromatic rings. The fraction of sp³-hybridized carbons (Fsp3) is 0. The van der Waals surface area contributed by atoms with Gasteiger partial charge in [0.25, 0.3) is 0 Å². The third-order valence-corrected chi connectivity index (χ3v) is 5.31. The summed E-state index contributed by atoms with van der Waals surface area (Å²) in [5.74, 6) is 1.31. The van der Waals surface area contributed by atoms with E-state index in [1.807, 2.05) is 48.5 Å². The summed E-state index contributed by atoms with van der Waals surface area (Å²) in [6.07, 6.45) is 3.29. The molecule has 5 heteroatoms. The van der Waals surface area contributed by atoms with E-state index in [-0.39, 0.29) is 0 Å². The predicted octanol–water partition coefficient (Wildman–Crippen LogP) is 5.70. The lowest BCUT2D eigenvalue weighted by molar-refractivity contribution is 0.474. The Labute approximate surface area is 153 Å². The number of aromatic nitrogens is 3. The van der Waals surface area contributed by atoms with Crippen LogP contribution in [-0.4, -0.2) is 15.0 Å². The van der Waals surface area contributed by atoms with Crippen molar-refractivity contribution in [3.8, 4) is 22.1 Å². The van der Waals surface area contributed by atoms with Gasteiger partial charge in [-0.3, -0.25) is 4.98 Å². The Morgan fingerprint density at radius 3 is 2.54 bits per heavy atom. The summed E-state index contributed by atoms with van der Waals surface area (Å²) in [4.78, 5) is 14.3. The number of pyridine rings is 1. The highest BCUT2D eigenvalue weighted by molar-refractivity contribution is 7.22. The van der Waals surface area contributed by atoms with Crippen molar-refractivity contribution in [3.63, 3.8) is 0 Å². The highest BCUT2D eigenvalue weighted by Crippen LogP contribution is 2.38. The van der Waals surface area contributed by atoms with Gasteiger partial charge >= 0.3 is 0 Å². The quantitative estimate of drug-likeness (QED) is 0.416. The van der Waals surface area contributed by atoms with E-state index in [4.69, 9.17) is 4.74 Å². The van der Waals surface area contributed by atoms with Gasteiger partial charge in [-0.15, -0.1) is 11.3 Å². The second-order valence-corrected chi connectivity index (χ2v) is 6.85. The number of para-hydroxylation sites is 1.